The maximum absolute atomic E-state index is 13.1. The first-order valence-electron chi connectivity index (χ1n) is 10.3. The van der Waals surface area contributed by atoms with Gasteiger partial charge in [0.15, 0.2) is 10.8 Å². The van der Waals surface area contributed by atoms with Gasteiger partial charge in [0.25, 0.3) is 5.56 Å². The van der Waals surface area contributed by atoms with E-state index in [0.29, 0.717) is 45.5 Å². The molecule has 0 fully saturated rings. The number of carbonyl (C=O) groups excluding carboxylic acids is 2. The molecule has 11 heteroatoms. The van der Waals surface area contributed by atoms with Gasteiger partial charge < -0.3 is 14.8 Å². The van der Waals surface area contributed by atoms with E-state index in [4.69, 9.17) is 4.74 Å². The maximum Gasteiger partial charge on any atom is 0.337 e. The van der Waals surface area contributed by atoms with Crippen molar-refractivity contribution in [2.24, 2.45) is 0 Å². The predicted octanol–water partition coefficient (Wildman–Crippen LogP) is 3.02. The normalized spacial score (nSPS) is 10.8. The number of aromatic nitrogens is 4. The highest BCUT2D eigenvalue weighted by Crippen LogP contribution is 2.23. The average Bonchev–Trinajstić information content (AvgIpc) is 3.33. The number of carbonyl (C=O) groups is 2. The Bertz CT molecular complexity index is 1380. The molecule has 10 nitrogen and oxygen atoms in total. The first-order valence-corrected chi connectivity index (χ1v) is 11.3. The Hall–Kier alpha value is -4.12. The van der Waals surface area contributed by atoms with Crippen molar-refractivity contribution in [2.75, 3.05) is 24.8 Å². The minimum Gasteiger partial charge on any atom is -0.494 e. The fourth-order valence-corrected chi connectivity index (χ4v) is 4.00. The topological polar surface area (TPSA) is 128 Å². The van der Waals surface area contributed by atoms with E-state index >= 15 is 0 Å². The van der Waals surface area contributed by atoms with Crippen LogP contribution in [0.3, 0.4) is 0 Å². The lowest BCUT2D eigenvalue weighted by Crippen LogP contribution is -2.22. The molecule has 0 bridgehead atoms. The lowest BCUT2D eigenvalue weighted by molar-refractivity contribution is -0.113. The van der Waals surface area contributed by atoms with Gasteiger partial charge in [0.2, 0.25) is 5.91 Å². The highest BCUT2D eigenvalue weighted by molar-refractivity contribution is 7.99. The third kappa shape index (κ3) is 4.94. The van der Waals surface area contributed by atoms with Gasteiger partial charge >= 0.3 is 5.97 Å². The molecule has 34 heavy (non-hydrogen) atoms. The third-order valence-corrected chi connectivity index (χ3v) is 5.72. The Morgan fingerprint density at radius 3 is 2.53 bits per heavy atom. The molecule has 0 radical (unpaired) electrons. The quantitative estimate of drug-likeness (QED) is 0.224. The monoisotopic (exact) mass is 479 g/mol. The number of nitrogens with zero attached hydrogens (tertiary/aromatic N) is 3. The number of hydrogen-bond acceptors (Lipinski definition) is 8. The number of H-pyrrole nitrogens is 1. The van der Waals surface area contributed by atoms with Gasteiger partial charge in [0, 0.05) is 5.69 Å². The minimum atomic E-state index is -0.457. The molecule has 2 aromatic heterocycles. The summed E-state index contributed by atoms with van der Waals surface area (Å²) in [5, 5.41) is 10.1. The van der Waals surface area contributed by atoms with Crippen LogP contribution in [0.4, 0.5) is 5.69 Å². The van der Waals surface area contributed by atoms with E-state index in [0.717, 1.165) is 11.8 Å². The summed E-state index contributed by atoms with van der Waals surface area (Å²) in [5.74, 6) is -0.0700. The van der Waals surface area contributed by atoms with Crippen LogP contribution in [-0.4, -0.2) is 51.1 Å². The zero-order valence-corrected chi connectivity index (χ0v) is 19.2. The second kappa shape index (κ2) is 10.2. The molecule has 0 unspecified atom stereocenters. The van der Waals surface area contributed by atoms with Crippen LogP contribution in [0.2, 0.25) is 0 Å². The standard InChI is InChI=1S/C23H21N5O5S/c1-3-33-17-10-8-16(9-11-17)28-21(30)18-12-24-27-20(18)26-23(28)34-13-19(29)25-15-6-4-14(5-7-15)22(31)32-2/h4-12H,3,13H2,1-2H3,(H,24,27)(H,25,29). The largest absolute Gasteiger partial charge is 0.494 e. The molecular formula is C23H21N5O5S. The molecule has 2 heterocycles. The van der Waals surface area contributed by atoms with Crippen LogP contribution in [0.15, 0.2) is 64.7 Å². The van der Waals surface area contributed by atoms with Crippen LogP contribution in [0, 0.1) is 0 Å². The van der Waals surface area contributed by atoms with Gasteiger partial charge in [-0.25, -0.2) is 9.78 Å². The van der Waals surface area contributed by atoms with Gasteiger partial charge in [-0.05, 0) is 55.5 Å². The summed E-state index contributed by atoms with van der Waals surface area (Å²) in [5.41, 5.74) is 1.54. The van der Waals surface area contributed by atoms with Crippen molar-refractivity contribution in [1.29, 1.82) is 0 Å². The number of methoxy groups -OCH3 is 1. The van der Waals surface area contributed by atoms with Crippen molar-refractivity contribution in [3.63, 3.8) is 0 Å². The fraction of sp³-hybridized carbons (Fsp3) is 0.174. The molecule has 1 amide bonds. The van der Waals surface area contributed by atoms with Crippen LogP contribution < -0.4 is 15.6 Å². The van der Waals surface area contributed by atoms with Crippen LogP contribution in [0.25, 0.3) is 16.7 Å². The minimum absolute atomic E-state index is 0.00185. The number of aromatic amines is 1. The molecule has 174 valence electrons. The zero-order chi connectivity index (χ0) is 24.1. The Labute approximate surface area is 198 Å². The van der Waals surface area contributed by atoms with Gasteiger partial charge in [-0.2, -0.15) is 5.10 Å². The number of thioether (sulfide) groups is 1. The van der Waals surface area contributed by atoms with Crippen molar-refractivity contribution in [3.8, 4) is 11.4 Å². The molecule has 2 N–H and O–H groups in total. The van der Waals surface area contributed by atoms with E-state index < -0.39 is 5.97 Å². The molecule has 0 atom stereocenters. The van der Waals surface area contributed by atoms with E-state index in [9.17, 15) is 14.4 Å². The molecule has 0 spiro atoms. The summed E-state index contributed by atoms with van der Waals surface area (Å²) in [6.45, 7) is 2.42. The van der Waals surface area contributed by atoms with Gasteiger partial charge in [-0.1, -0.05) is 11.8 Å². The molecule has 4 rings (SSSR count). The van der Waals surface area contributed by atoms with E-state index in [-0.39, 0.29) is 17.2 Å². The van der Waals surface area contributed by atoms with Crippen LogP contribution >= 0.6 is 11.8 Å². The Kier molecular flexibility index (Phi) is 6.93. The van der Waals surface area contributed by atoms with Crippen molar-refractivity contribution in [3.05, 3.63) is 70.6 Å². The first-order chi connectivity index (χ1) is 16.5. The summed E-state index contributed by atoms with van der Waals surface area (Å²) >= 11 is 1.11. The van der Waals surface area contributed by atoms with Crippen LogP contribution in [0.5, 0.6) is 5.75 Å². The number of hydrogen-bond donors (Lipinski definition) is 2. The lowest BCUT2D eigenvalue weighted by Gasteiger charge is -2.13. The summed E-state index contributed by atoms with van der Waals surface area (Å²) in [6, 6.07) is 13.4. The summed E-state index contributed by atoms with van der Waals surface area (Å²) in [4.78, 5) is 41.7. The molecule has 4 aromatic rings. The van der Waals surface area contributed by atoms with Gasteiger partial charge in [-0.15, -0.1) is 0 Å². The molecule has 0 aliphatic carbocycles. The van der Waals surface area contributed by atoms with Gasteiger partial charge in [0.1, 0.15) is 11.1 Å². The zero-order valence-electron chi connectivity index (χ0n) is 18.4. The molecule has 0 saturated carbocycles. The van der Waals surface area contributed by atoms with Crippen LogP contribution in [0.1, 0.15) is 17.3 Å². The lowest BCUT2D eigenvalue weighted by atomic mass is 10.2. The number of anilines is 1. The number of ether oxygens (including phenoxy) is 2. The second-order valence-corrected chi connectivity index (χ2v) is 7.94. The van der Waals surface area contributed by atoms with Crippen molar-refractivity contribution < 1.29 is 19.1 Å². The van der Waals surface area contributed by atoms with Crippen molar-refractivity contribution in [2.45, 2.75) is 12.1 Å². The molecule has 0 aliphatic rings. The Morgan fingerprint density at radius 2 is 1.85 bits per heavy atom. The Morgan fingerprint density at radius 1 is 1.12 bits per heavy atom. The number of nitrogens with one attached hydrogen (secondary N) is 2. The Balaban J connectivity index is 1.55. The third-order valence-electron chi connectivity index (χ3n) is 4.78. The molecule has 2 aromatic carbocycles. The van der Waals surface area contributed by atoms with Gasteiger partial charge in [-0.3, -0.25) is 19.3 Å². The van der Waals surface area contributed by atoms with Crippen LogP contribution in [-0.2, 0) is 9.53 Å². The highest BCUT2D eigenvalue weighted by Gasteiger charge is 2.16. The van der Waals surface area contributed by atoms with Crippen molar-refractivity contribution in [1.82, 2.24) is 19.7 Å². The molecular weight excluding hydrogens is 458 g/mol. The summed E-state index contributed by atoms with van der Waals surface area (Å²) < 4.78 is 11.6. The number of esters is 1. The summed E-state index contributed by atoms with van der Waals surface area (Å²) in [7, 11) is 1.30. The molecule has 0 saturated heterocycles. The van der Waals surface area contributed by atoms with E-state index in [2.05, 4.69) is 25.2 Å². The first kappa shape index (κ1) is 23.1. The number of fused-ring (bicyclic) bond motifs is 1. The van der Waals surface area contributed by atoms with Crippen molar-refractivity contribution >= 4 is 40.4 Å². The summed E-state index contributed by atoms with van der Waals surface area (Å²) in [6.07, 6.45) is 1.43. The van der Waals surface area contributed by atoms with E-state index in [1.54, 1.807) is 48.5 Å². The van der Waals surface area contributed by atoms with E-state index in [1.807, 2.05) is 6.92 Å². The smallest absolute Gasteiger partial charge is 0.337 e. The SMILES string of the molecule is CCOc1ccc(-n2c(SCC(=O)Nc3ccc(C(=O)OC)cc3)nc3[nH]ncc3c2=O)cc1. The number of benzene rings is 2. The number of amides is 1. The fourth-order valence-electron chi connectivity index (χ4n) is 3.19. The maximum atomic E-state index is 13.1. The van der Waals surface area contributed by atoms with E-state index in [1.165, 1.54) is 17.9 Å². The highest BCUT2D eigenvalue weighted by atomic mass is 32.2. The van der Waals surface area contributed by atoms with Gasteiger partial charge in [0.05, 0.1) is 36.9 Å². The average molecular weight is 480 g/mol. The molecule has 0 aliphatic heterocycles. The second-order valence-electron chi connectivity index (χ2n) is 7.00. The predicted molar refractivity (Wildman–Crippen MR) is 128 cm³/mol. The number of rotatable bonds is 8.